The fourth-order valence-electron chi connectivity index (χ4n) is 1.39. The van der Waals surface area contributed by atoms with Gasteiger partial charge in [-0.25, -0.2) is 0 Å². The van der Waals surface area contributed by atoms with Gasteiger partial charge in [-0.05, 0) is 41.5 Å². The van der Waals surface area contributed by atoms with Crippen molar-refractivity contribution in [2.75, 3.05) is 0 Å². The number of nitro groups is 1. The van der Waals surface area contributed by atoms with Crippen LogP contribution in [0.3, 0.4) is 0 Å². The first-order valence-electron chi connectivity index (χ1n) is 4.58. The van der Waals surface area contributed by atoms with Crippen LogP contribution in [0.1, 0.15) is 11.1 Å². The maximum absolute atomic E-state index is 10.9. The van der Waals surface area contributed by atoms with Crippen LogP contribution in [0, 0.1) is 24.0 Å². The summed E-state index contributed by atoms with van der Waals surface area (Å²) in [6.07, 6.45) is 1.33. The van der Waals surface area contributed by atoms with Gasteiger partial charge >= 0.3 is 0 Å². The van der Waals surface area contributed by atoms with Gasteiger partial charge in [0.1, 0.15) is 12.0 Å². The quantitative estimate of drug-likeness (QED) is 0.559. The van der Waals surface area contributed by atoms with Crippen LogP contribution in [0.25, 0.3) is 5.69 Å². The van der Waals surface area contributed by atoms with Gasteiger partial charge in [-0.3, -0.25) is 10.1 Å². The molecular formula is C9H9N5O2. The second-order valence-electron chi connectivity index (χ2n) is 3.44. The number of nitro benzene ring substituents is 1. The van der Waals surface area contributed by atoms with Crippen molar-refractivity contribution in [3.05, 3.63) is 39.7 Å². The summed E-state index contributed by atoms with van der Waals surface area (Å²) in [5.41, 5.74) is 2.19. The standard InChI is InChI=1S/C9H9N5O2/c1-6-3-8(13-5-10-11-12-13)9(14(15)16)4-7(6)2/h3-5H,1-2H3. The summed E-state index contributed by atoms with van der Waals surface area (Å²) in [5, 5.41) is 21.5. The lowest BCUT2D eigenvalue weighted by Gasteiger charge is -2.05. The van der Waals surface area contributed by atoms with E-state index in [0.717, 1.165) is 11.1 Å². The van der Waals surface area contributed by atoms with Crippen molar-refractivity contribution in [3.8, 4) is 5.69 Å². The van der Waals surface area contributed by atoms with E-state index in [1.165, 1.54) is 17.1 Å². The number of rotatable bonds is 2. The van der Waals surface area contributed by atoms with Crippen molar-refractivity contribution >= 4 is 5.69 Å². The fraction of sp³-hybridized carbons (Fsp3) is 0.222. The van der Waals surface area contributed by atoms with Crippen molar-refractivity contribution in [1.29, 1.82) is 0 Å². The third kappa shape index (κ3) is 1.62. The number of benzene rings is 1. The number of hydrogen-bond donors (Lipinski definition) is 0. The number of aromatic nitrogens is 4. The van der Waals surface area contributed by atoms with Crippen LogP contribution in [-0.2, 0) is 0 Å². The maximum atomic E-state index is 10.9. The second kappa shape index (κ2) is 3.69. The smallest absolute Gasteiger partial charge is 0.258 e. The molecule has 7 heteroatoms. The molecule has 0 aliphatic heterocycles. The van der Waals surface area contributed by atoms with E-state index in [9.17, 15) is 10.1 Å². The average Bonchev–Trinajstić information content (AvgIpc) is 2.74. The summed E-state index contributed by atoms with van der Waals surface area (Å²) in [7, 11) is 0. The molecule has 1 aromatic carbocycles. The molecular weight excluding hydrogens is 210 g/mol. The predicted octanol–water partition coefficient (Wildman–Crippen LogP) is 1.19. The molecule has 1 heterocycles. The molecule has 82 valence electrons. The molecule has 16 heavy (non-hydrogen) atoms. The Bertz CT molecular complexity index is 535. The molecule has 0 aliphatic carbocycles. The Hall–Kier alpha value is -2.31. The number of aryl methyl sites for hydroxylation is 2. The van der Waals surface area contributed by atoms with E-state index in [4.69, 9.17) is 0 Å². The minimum Gasteiger partial charge on any atom is -0.258 e. The van der Waals surface area contributed by atoms with Crippen molar-refractivity contribution in [2.24, 2.45) is 0 Å². The Morgan fingerprint density at radius 2 is 2.00 bits per heavy atom. The molecule has 1 aromatic heterocycles. The zero-order chi connectivity index (χ0) is 11.7. The number of hydrogen-bond acceptors (Lipinski definition) is 5. The minimum atomic E-state index is -0.441. The van der Waals surface area contributed by atoms with Crippen LogP contribution < -0.4 is 0 Å². The molecule has 0 spiro atoms. The van der Waals surface area contributed by atoms with Crippen molar-refractivity contribution in [3.63, 3.8) is 0 Å². The monoisotopic (exact) mass is 219 g/mol. The lowest BCUT2D eigenvalue weighted by atomic mass is 10.1. The Labute approximate surface area is 90.9 Å². The van der Waals surface area contributed by atoms with Crippen LogP contribution >= 0.6 is 0 Å². The van der Waals surface area contributed by atoms with Gasteiger partial charge in [-0.1, -0.05) is 0 Å². The van der Waals surface area contributed by atoms with Gasteiger partial charge in [0.15, 0.2) is 0 Å². The van der Waals surface area contributed by atoms with E-state index >= 15 is 0 Å². The predicted molar refractivity (Wildman–Crippen MR) is 55.3 cm³/mol. The Kier molecular flexibility index (Phi) is 2.35. The average molecular weight is 219 g/mol. The molecule has 0 bridgehead atoms. The highest BCUT2D eigenvalue weighted by molar-refractivity contribution is 5.55. The SMILES string of the molecule is Cc1cc(-n2cnnn2)c([N+](=O)[O-])cc1C. The van der Waals surface area contributed by atoms with Crippen molar-refractivity contribution in [2.45, 2.75) is 13.8 Å². The highest BCUT2D eigenvalue weighted by Gasteiger charge is 2.17. The van der Waals surface area contributed by atoms with E-state index in [1.807, 2.05) is 13.8 Å². The third-order valence-electron chi connectivity index (χ3n) is 2.38. The normalized spacial score (nSPS) is 10.4. The second-order valence-corrected chi connectivity index (χ2v) is 3.44. The van der Waals surface area contributed by atoms with Gasteiger partial charge in [0.25, 0.3) is 5.69 Å². The lowest BCUT2D eigenvalue weighted by Crippen LogP contribution is -2.02. The van der Waals surface area contributed by atoms with Crippen molar-refractivity contribution < 1.29 is 4.92 Å². The fourth-order valence-corrected chi connectivity index (χ4v) is 1.39. The molecule has 0 fully saturated rings. The molecule has 0 N–H and O–H groups in total. The maximum Gasteiger partial charge on any atom is 0.295 e. The first kappa shape index (κ1) is 10.2. The topological polar surface area (TPSA) is 86.7 Å². The molecule has 2 rings (SSSR count). The third-order valence-corrected chi connectivity index (χ3v) is 2.38. The molecule has 0 radical (unpaired) electrons. The van der Waals surface area contributed by atoms with Gasteiger partial charge in [-0.15, -0.1) is 5.10 Å². The van der Waals surface area contributed by atoms with Crippen LogP contribution in [0.4, 0.5) is 5.69 Å². The summed E-state index contributed by atoms with van der Waals surface area (Å²) in [4.78, 5) is 10.5. The summed E-state index contributed by atoms with van der Waals surface area (Å²) in [6, 6.07) is 3.22. The molecule has 0 saturated heterocycles. The molecule has 0 atom stereocenters. The van der Waals surface area contributed by atoms with Crippen LogP contribution in [0.2, 0.25) is 0 Å². The Morgan fingerprint density at radius 1 is 1.31 bits per heavy atom. The summed E-state index contributed by atoms with van der Waals surface area (Å²) in [6.45, 7) is 3.71. The van der Waals surface area contributed by atoms with Gasteiger partial charge in [0.2, 0.25) is 0 Å². The summed E-state index contributed by atoms with van der Waals surface area (Å²) < 4.78 is 1.28. The van der Waals surface area contributed by atoms with E-state index in [0.29, 0.717) is 5.69 Å². The van der Waals surface area contributed by atoms with E-state index < -0.39 is 4.92 Å². The summed E-state index contributed by atoms with van der Waals surface area (Å²) >= 11 is 0. The largest absolute Gasteiger partial charge is 0.295 e. The number of tetrazole rings is 1. The molecule has 0 amide bonds. The first-order valence-corrected chi connectivity index (χ1v) is 4.58. The zero-order valence-corrected chi connectivity index (χ0v) is 8.78. The number of nitrogens with zero attached hydrogens (tertiary/aromatic N) is 5. The van der Waals surface area contributed by atoms with Gasteiger partial charge in [0.05, 0.1) is 4.92 Å². The van der Waals surface area contributed by atoms with Crippen LogP contribution in [-0.4, -0.2) is 25.1 Å². The zero-order valence-electron chi connectivity index (χ0n) is 8.78. The highest BCUT2D eigenvalue weighted by Crippen LogP contribution is 2.25. The van der Waals surface area contributed by atoms with Crippen LogP contribution in [0.5, 0.6) is 0 Å². The molecule has 0 saturated carbocycles. The summed E-state index contributed by atoms with van der Waals surface area (Å²) in [5.74, 6) is 0. The Balaban J connectivity index is 2.68. The van der Waals surface area contributed by atoms with E-state index in [1.54, 1.807) is 6.07 Å². The molecule has 7 nitrogen and oxygen atoms in total. The molecule has 0 aliphatic rings. The minimum absolute atomic E-state index is 0.00426. The van der Waals surface area contributed by atoms with Crippen LogP contribution in [0.15, 0.2) is 18.5 Å². The molecule has 2 aromatic rings. The highest BCUT2D eigenvalue weighted by atomic mass is 16.6. The van der Waals surface area contributed by atoms with E-state index in [2.05, 4.69) is 15.5 Å². The van der Waals surface area contributed by atoms with Gasteiger partial charge in [-0.2, -0.15) is 4.68 Å². The van der Waals surface area contributed by atoms with Crippen molar-refractivity contribution in [1.82, 2.24) is 20.2 Å². The lowest BCUT2D eigenvalue weighted by molar-refractivity contribution is -0.384. The van der Waals surface area contributed by atoms with E-state index in [-0.39, 0.29) is 5.69 Å². The molecule has 0 unspecified atom stereocenters. The Morgan fingerprint density at radius 3 is 2.56 bits per heavy atom. The first-order chi connectivity index (χ1) is 7.59. The van der Waals surface area contributed by atoms with Gasteiger partial charge < -0.3 is 0 Å². The van der Waals surface area contributed by atoms with Gasteiger partial charge in [0, 0.05) is 6.07 Å².